The molecule has 1 aliphatic heterocycles. The topological polar surface area (TPSA) is 104 Å². The second-order valence-electron chi connectivity index (χ2n) is 7.19. The van der Waals surface area contributed by atoms with Crippen molar-refractivity contribution in [2.75, 3.05) is 39.4 Å². The van der Waals surface area contributed by atoms with Crippen LogP contribution in [0.25, 0.3) is 33.2 Å². The zero-order valence-corrected chi connectivity index (χ0v) is 18.5. The predicted octanol–water partition coefficient (Wildman–Crippen LogP) is 2.21. The third kappa shape index (κ3) is 4.01. The van der Waals surface area contributed by atoms with Gasteiger partial charge in [0.2, 0.25) is 10.0 Å². The monoisotopic (exact) mass is 442 g/mol. The maximum absolute atomic E-state index is 12.8. The Hall–Kier alpha value is -2.59. The second-order valence-corrected chi connectivity index (χ2v) is 8.96. The van der Waals surface area contributed by atoms with Crippen LogP contribution in [-0.2, 0) is 14.8 Å². The third-order valence-electron chi connectivity index (χ3n) is 5.49. The molecule has 5 rings (SSSR count). The quantitative estimate of drug-likeness (QED) is 0.491. The summed E-state index contributed by atoms with van der Waals surface area (Å²) in [5, 5.41) is 8.02. The second kappa shape index (κ2) is 8.88. The van der Waals surface area contributed by atoms with Gasteiger partial charge in [0.15, 0.2) is 0 Å². The highest BCUT2D eigenvalue weighted by Crippen LogP contribution is 2.45. The van der Waals surface area contributed by atoms with Crippen LogP contribution in [0.5, 0.6) is 0 Å². The van der Waals surface area contributed by atoms with Gasteiger partial charge in [-0.05, 0) is 29.3 Å². The van der Waals surface area contributed by atoms with Gasteiger partial charge in [0, 0.05) is 37.1 Å². The predicted molar refractivity (Wildman–Crippen MR) is 121 cm³/mol. The highest BCUT2D eigenvalue weighted by atomic mass is 32.2. The van der Waals surface area contributed by atoms with E-state index in [2.05, 4.69) is 19.8 Å². The minimum Gasteiger partial charge on any atom is -0.379 e. The fourth-order valence-electron chi connectivity index (χ4n) is 4.01. The number of sulfonamides is 1. The lowest BCUT2D eigenvalue weighted by molar-refractivity contribution is 0.0390. The molecule has 0 spiro atoms. The molecule has 2 aliphatic rings. The Balaban J connectivity index is 0.00000112. The van der Waals surface area contributed by atoms with Crippen LogP contribution in [0.2, 0.25) is 0 Å². The molecule has 31 heavy (non-hydrogen) atoms. The Labute approximate surface area is 181 Å². The van der Waals surface area contributed by atoms with Crippen LogP contribution >= 0.6 is 0 Å². The average Bonchev–Trinajstić information content (AvgIpc) is 3.12. The van der Waals surface area contributed by atoms with E-state index in [0.717, 1.165) is 29.6 Å². The lowest BCUT2D eigenvalue weighted by atomic mass is 10.0. The molecule has 0 amide bonds. The molecule has 0 atom stereocenters. The molecule has 1 fully saturated rings. The summed E-state index contributed by atoms with van der Waals surface area (Å²) in [5.74, 6) is 0. The number of nitrogens with zero attached hydrogens (tertiary/aromatic N) is 2. The van der Waals surface area contributed by atoms with Crippen molar-refractivity contribution in [2.45, 2.75) is 18.7 Å². The van der Waals surface area contributed by atoms with E-state index in [1.54, 1.807) is 24.3 Å². The van der Waals surface area contributed by atoms with E-state index in [9.17, 15) is 13.2 Å². The zero-order valence-electron chi connectivity index (χ0n) is 17.6. The maximum Gasteiger partial charge on any atom is 0.272 e. The number of nitrogens with one attached hydrogen (secondary N) is 2. The summed E-state index contributed by atoms with van der Waals surface area (Å²) in [5.41, 5.74) is 2.84. The molecule has 1 aromatic heterocycles. The van der Waals surface area contributed by atoms with Gasteiger partial charge >= 0.3 is 0 Å². The van der Waals surface area contributed by atoms with Crippen LogP contribution in [0.1, 0.15) is 13.8 Å². The van der Waals surface area contributed by atoms with Crippen LogP contribution in [-0.4, -0.2) is 62.9 Å². The minimum atomic E-state index is -3.65. The normalized spacial score (nSPS) is 15.4. The van der Waals surface area contributed by atoms with Gasteiger partial charge < -0.3 is 4.74 Å². The summed E-state index contributed by atoms with van der Waals surface area (Å²) in [7, 11) is -3.65. The molecule has 2 heterocycles. The number of fused-ring (bicyclic) bond motifs is 3. The molecule has 2 N–H and O–H groups in total. The molecular weight excluding hydrogens is 416 g/mol. The van der Waals surface area contributed by atoms with Gasteiger partial charge in [-0.1, -0.05) is 32.0 Å². The zero-order chi connectivity index (χ0) is 22.0. The van der Waals surface area contributed by atoms with Crippen LogP contribution < -0.4 is 10.3 Å². The van der Waals surface area contributed by atoms with Crippen LogP contribution in [0.15, 0.2) is 46.1 Å². The fraction of sp³-hybridized carbons (Fsp3) is 0.364. The van der Waals surface area contributed by atoms with Crippen molar-refractivity contribution >= 4 is 20.8 Å². The SMILES string of the molecule is CC.O=c1[nH]nc2c3c(cccc13)-c1ccc(S(=O)(=O)NCCN3CCOCC3)cc1-2. The van der Waals surface area contributed by atoms with Crippen LogP contribution in [0.3, 0.4) is 0 Å². The van der Waals surface area contributed by atoms with E-state index in [-0.39, 0.29) is 10.5 Å². The van der Waals surface area contributed by atoms with Gasteiger partial charge in [-0.3, -0.25) is 9.69 Å². The van der Waals surface area contributed by atoms with E-state index in [1.165, 1.54) is 0 Å². The van der Waals surface area contributed by atoms with Crippen molar-refractivity contribution in [1.29, 1.82) is 0 Å². The first kappa shape index (κ1) is 21.6. The van der Waals surface area contributed by atoms with E-state index >= 15 is 0 Å². The van der Waals surface area contributed by atoms with Crippen molar-refractivity contribution < 1.29 is 13.2 Å². The lowest BCUT2D eigenvalue weighted by Gasteiger charge is -2.26. The first-order chi connectivity index (χ1) is 15.0. The van der Waals surface area contributed by atoms with Gasteiger partial charge in [0.25, 0.3) is 5.56 Å². The molecule has 0 bridgehead atoms. The number of benzene rings is 2. The van der Waals surface area contributed by atoms with Crippen molar-refractivity contribution in [1.82, 2.24) is 19.8 Å². The molecule has 1 aliphatic carbocycles. The molecule has 0 unspecified atom stereocenters. The summed E-state index contributed by atoms with van der Waals surface area (Å²) in [6.45, 7) is 7.96. The Morgan fingerprint density at radius 1 is 1.10 bits per heavy atom. The molecule has 8 nitrogen and oxygen atoms in total. The van der Waals surface area contributed by atoms with Crippen molar-refractivity contribution in [3.05, 3.63) is 46.8 Å². The molecule has 3 aromatic rings. The molecular formula is C22H26N4O4S. The van der Waals surface area contributed by atoms with Gasteiger partial charge in [0.1, 0.15) is 0 Å². The van der Waals surface area contributed by atoms with E-state index < -0.39 is 10.0 Å². The van der Waals surface area contributed by atoms with Gasteiger partial charge in [0.05, 0.1) is 29.2 Å². The van der Waals surface area contributed by atoms with E-state index in [4.69, 9.17) is 4.74 Å². The molecule has 0 radical (unpaired) electrons. The molecule has 2 aromatic carbocycles. The van der Waals surface area contributed by atoms with Crippen LogP contribution in [0.4, 0.5) is 0 Å². The van der Waals surface area contributed by atoms with Crippen LogP contribution in [0, 0.1) is 0 Å². The minimum absolute atomic E-state index is 0.187. The van der Waals surface area contributed by atoms with Gasteiger partial charge in [-0.2, -0.15) is 5.10 Å². The smallest absolute Gasteiger partial charge is 0.272 e. The largest absolute Gasteiger partial charge is 0.379 e. The Bertz CT molecular complexity index is 1260. The fourth-order valence-corrected chi connectivity index (χ4v) is 5.05. The summed E-state index contributed by atoms with van der Waals surface area (Å²) in [6, 6.07) is 10.5. The number of hydrogen-bond donors (Lipinski definition) is 2. The Morgan fingerprint density at radius 3 is 2.65 bits per heavy atom. The number of aromatic amines is 1. The third-order valence-corrected chi connectivity index (χ3v) is 6.94. The van der Waals surface area contributed by atoms with Gasteiger partial charge in [-0.25, -0.2) is 18.2 Å². The number of hydrogen-bond acceptors (Lipinski definition) is 6. The van der Waals surface area contributed by atoms with Crippen molar-refractivity contribution in [3.63, 3.8) is 0 Å². The first-order valence-corrected chi connectivity index (χ1v) is 12.0. The Kier molecular flexibility index (Phi) is 6.19. The number of H-pyrrole nitrogens is 1. The standard InChI is InChI=1S/C20H20N4O4S.C2H6/c25-20-16-3-1-2-15-14-5-4-13(12-17(14)19(18(15)16)22-23-20)29(26,27)21-6-7-24-8-10-28-11-9-24;1-2/h1-5,12,21H,6-11H2,(H,23,25);1-2H3. The first-order valence-electron chi connectivity index (χ1n) is 10.5. The van der Waals surface area contributed by atoms with E-state index in [0.29, 0.717) is 42.9 Å². The molecule has 9 heteroatoms. The average molecular weight is 443 g/mol. The molecule has 164 valence electrons. The summed E-state index contributed by atoms with van der Waals surface area (Å²) >= 11 is 0. The number of rotatable bonds is 5. The number of ether oxygens (including phenoxy) is 1. The Morgan fingerprint density at radius 2 is 1.87 bits per heavy atom. The summed E-state index contributed by atoms with van der Waals surface area (Å²) < 4.78 is 33.6. The highest BCUT2D eigenvalue weighted by Gasteiger charge is 2.26. The van der Waals surface area contributed by atoms with Crippen molar-refractivity contribution in [2.24, 2.45) is 0 Å². The lowest BCUT2D eigenvalue weighted by Crippen LogP contribution is -2.41. The molecule has 0 saturated carbocycles. The summed E-state index contributed by atoms with van der Waals surface area (Å²) in [4.78, 5) is 14.5. The van der Waals surface area contributed by atoms with Crippen molar-refractivity contribution in [3.8, 4) is 22.4 Å². The number of morpholine rings is 1. The van der Waals surface area contributed by atoms with E-state index in [1.807, 2.05) is 26.0 Å². The maximum atomic E-state index is 12.8. The summed E-state index contributed by atoms with van der Waals surface area (Å²) in [6.07, 6.45) is 0. The molecule has 1 saturated heterocycles. The number of aromatic nitrogens is 2. The highest BCUT2D eigenvalue weighted by molar-refractivity contribution is 7.89. The van der Waals surface area contributed by atoms with Gasteiger partial charge in [-0.15, -0.1) is 0 Å².